The molecular formula is C14H16N4O4S. The number of nitrogens with one attached hydrogen (secondary N) is 1. The molecule has 3 N–H and O–H groups in total. The summed E-state index contributed by atoms with van der Waals surface area (Å²) in [7, 11) is -3.77. The highest BCUT2D eigenvalue weighted by Crippen LogP contribution is 2.24. The minimum atomic E-state index is -3.77. The van der Waals surface area contributed by atoms with E-state index in [9.17, 15) is 18.5 Å². The zero-order chi connectivity index (χ0) is 17.0. The van der Waals surface area contributed by atoms with Gasteiger partial charge in [-0.15, -0.1) is 0 Å². The van der Waals surface area contributed by atoms with E-state index in [1.165, 1.54) is 24.3 Å². The van der Waals surface area contributed by atoms with E-state index in [1.54, 1.807) is 12.1 Å². The van der Waals surface area contributed by atoms with Gasteiger partial charge in [0.25, 0.3) is 5.69 Å². The standard InChI is InChI=1S/C14H16N4O4S/c1-2-13(10-4-3-5-12(8-10)23(15,21)22)17-14-7-6-11(9-16-14)18(19)20/h3-9,13H,2H2,1H3,(H,16,17)(H2,15,21,22). The Labute approximate surface area is 133 Å². The second kappa shape index (κ2) is 6.71. The molecule has 2 rings (SSSR count). The summed E-state index contributed by atoms with van der Waals surface area (Å²) >= 11 is 0. The Morgan fingerprint density at radius 3 is 2.61 bits per heavy atom. The number of hydrogen-bond donors (Lipinski definition) is 2. The van der Waals surface area contributed by atoms with Crippen LogP contribution in [0, 0.1) is 10.1 Å². The number of nitrogens with zero attached hydrogens (tertiary/aromatic N) is 2. The van der Waals surface area contributed by atoms with Gasteiger partial charge < -0.3 is 5.32 Å². The van der Waals surface area contributed by atoms with Gasteiger partial charge in [0.05, 0.1) is 15.9 Å². The maximum atomic E-state index is 11.4. The van der Waals surface area contributed by atoms with Crippen molar-refractivity contribution in [2.75, 3.05) is 5.32 Å². The first-order valence-corrected chi connectivity index (χ1v) is 8.35. The zero-order valence-electron chi connectivity index (χ0n) is 12.3. The van der Waals surface area contributed by atoms with Crippen molar-refractivity contribution < 1.29 is 13.3 Å². The van der Waals surface area contributed by atoms with Crippen molar-refractivity contribution in [3.05, 3.63) is 58.3 Å². The molecule has 1 aromatic carbocycles. The number of anilines is 1. The zero-order valence-corrected chi connectivity index (χ0v) is 13.2. The molecule has 1 aromatic heterocycles. The Morgan fingerprint density at radius 2 is 2.09 bits per heavy atom. The molecule has 1 unspecified atom stereocenters. The average Bonchev–Trinajstić information content (AvgIpc) is 2.52. The lowest BCUT2D eigenvalue weighted by Gasteiger charge is -2.18. The minimum Gasteiger partial charge on any atom is -0.363 e. The summed E-state index contributed by atoms with van der Waals surface area (Å²) in [6.45, 7) is 1.92. The van der Waals surface area contributed by atoms with Crippen LogP contribution >= 0.6 is 0 Å². The van der Waals surface area contributed by atoms with Crippen LogP contribution in [0.2, 0.25) is 0 Å². The summed E-state index contributed by atoms with van der Waals surface area (Å²) in [5.74, 6) is 0.462. The molecule has 122 valence electrons. The maximum absolute atomic E-state index is 11.4. The van der Waals surface area contributed by atoms with Crippen molar-refractivity contribution in [1.29, 1.82) is 0 Å². The van der Waals surface area contributed by atoms with Crippen LogP contribution in [-0.4, -0.2) is 18.3 Å². The molecule has 0 aliphatic heterocycles. The van der Waals surface area contributed by atoms with E-state index in [0.29, 0.717) is 12.2 Å². The van der Waals surface area contributed by atoms with Crippen LogP contribution in [0.3, 0.4) is 0 Å². The molecule has 0 spiro atoms. The van der Waals surface area contributed by atoms with Crippen LogP contribution in [0.5, 0.6) is 0 Å². The Kier molecular flexibility index (Phi) is 4.92. The molecular weight excluding hydrogens is 320 g/mol. The molecule has 1 heterocycles. The third-order valence-corrected chi connectivity index (χ3v) is 4.19. The van der Waals surface area contributed by atoms with Gasteiger partial charge in [0, 0.05) is 6.07 Å². The highest BCUT2D eigenvalue weighted by molar-refractivity contribution is 7.89. The Bertz CT molecular complexity index is 806. The molecule has 0 saturated heterocycles. The number of nitro groups is 1. The van der Waals surface area contributed by atoms with Crippen LogP contribution in [0.25, 0.3) is 0 Å². The largest absolute Gasteiger partial charge is 0.363 e. The van der Waals surface area contributed by atoms with Gasteiger partial charge in [0.2, 0.25) is 10.0 Å². The normalized spacial score (nSPS) is 12.6. The molecule has 0 fully saturated rings. The summed E-state index contributed by atoms with van der Waals surface area (Å²) < 4.78 is 22.9. The SMILES string of the molecule is CCC(Nc1ccc([N+](=O)[O-])cn1)c1cccc(S(N)(=O)=O)c1. The molecule has 0 amide bonds. The predicted octanol–water partition coefficient (Wildman–Crippen LogP) is 2.20. The van der Waals surface area contributed by atoms with E-state index in [0.717, 1.165) is 11.8 Å². The van der Waals surface area contributed by atoms with E-state index >= 15 is 0 Å². The molecule has 9 heteroatoms. The molecule has 0 aliphatic carbocycles. The Morgan fingerprint density at radius 1 is 1.35 bits per heavy atom. The second-order valence-corrected chi connectivity index (χ2v) is 6.44. The molecule has 0 bridgehead atoms. The third-order valence-electron chi connectivity index (χ3n) is 3.28. The second-order valence-electron chi connectivity index (χ2n) is 4.88. The monoisotopic (exact) mass is 336 g/mol. The number of pyridine rings is 1. The van der Waals surface area contributed by atoms with Gasteiger partial charge in [-0.1, -0.05) is 19.1 Å². The maximum Gasteiger partial charge on any atom is 0.287 e. The molecule has 0 radical (unpaired) electrons. The molecule has 1 atom stereocenters. The highest BCUT2D eigenvalue weighted by Gasteiger charge is 2.14. The van der Waals surface area contributed by atoms with Gasteiger partial charge in [0.15, 0.2) is 0 Å². The predicted molar refractivity (Wildman–Crippen MR) is 85.4 cm³/mol. The van der Waals surface area contributed by atoms with E-state index in [4.69, 9.17) is 5.14 Å². The smallest absolute Gasteiger partial charge is 0.287 e. The number of nitrogens with two attached hydrogens (primary N) is 1. The highest BCUT2D eigenvalue weighted by atomic mass is 32.2. The van der Waals surface area contributed by atoms with Crippen molar-refractivity contribution in [3.8, 4) is 0 Å². The topological polar surface area (TPSA) is 128 Å². The number of hydrogen-bond acceptors (Lipinski definition) is 6. The van der Waals surface area contributed by atoms with Crippen molar-refractivity contribution in [2.24, 2.45) is 5.14 Å². The lowest BCUT2D eigenvalue weighted by atomic mass is 10.0. The first kappa shape index (κ1) is 16.8. The number of rotatable bonds is 6. The Hall–Kier alpha value is -2.52. The summed E-state index contributed by atoms with van der Waals surface area (Å²) in [5, 5.41) is 18.9. The number of sulfonamides is 1. The molecule has 2 aromatic rings. The molecule has 0 saturated carbocycles. The number of primary sulfonamides is 1. The quantitative estimate of drug-likeness (QED) is 0.614. The lowest BCUT2D eigenvalue weighted by molar-refractivity contribution is -0.385. The van der Waals surface area contributed by atoms with Crippen LogP contribution in [-0.2, 0) is 10.0 Å². The van der Waals surface area contributed by atoms with Gasteiger partial charge in [0.1, 0.15) is 12.0 Å². The first-order chi connectivity index (χ1) is 10.8. The average molecular weight is 336 g/mol. The molecule has 23 heavy (non-hydrogen) atoms. The van der Waals surface area contributed by atoms with Gasteiger partial charge in [-0.3, -0.25) is 10.1 Å². The molecule has 8 nitrogen and oxygen atoms in total. The van der Waals surface area contributed by atoms with E-state index in [-0.39, 0.29) is 16.6 Å². The van der Waals surface area contributed by atoms with E-state index in [1.807, 2.05) is 6.92 Å². The fourth-order valence-corrected chi connectivity index (χ4v) is 2.66. The Balaban J connectivity index is 2.25. The van der Waals surface area contributed by atoms with Crippen LogP contribution in [0.15, 0.2) is 47.5 Å². The van der Waals surface area contributed by atoms with E-state index in [2.05, 4.69) is 10.3 Å². The summed E-state index contributed by atoms with van der Waals surface area (Å²) in [4.78, 5) is 14.1. The van der Waals surface area contributed by atoms with Gasteiger partial charge in [-0.05, 0) is 30.2 Å². The lowest BCUT2D eigenvalue weighted by Crippen LogP contribution is -2.15. The first-order valence-electron chi connectivity index (χ1n) is 6.81. The summed E-state index contributed by atoms with van der Waals surface area (Å²) in [6, 6.07) is 8.97. The number of aromatic nitrogens is 1. The summed E-state index contributed by atoms with van der Waals surface area (Å²) in [5.41, 5.74) is 0.638. The van der Waals surface area contributed by atoms with Crippen LogP contribution < -0.4 is 10.5 Å². The van der Waals surface area contributed by atoms with Crippen molar-refractivity contribution in [2.45, 2.75) is 24.3 Å². The van der Waals surface area contributed by atoms with Crippen molar-refractivity contribution >= 4 is 21.5 Å². The van der Waals surface area contributed by atoms with Crippen molar-refractivity contribution in [3.63, 3.8) is 0 Å². The summed E-state index contributed by atoms with van der Waals surface area (Å²) in [6.07, 6.45) is 1.82. The number of benzene rings is 1. The van der Waals surface area contributed by atoms with Crippen molar-refractivity contribution in [1.82, 2.24) is 4.98 Å². The van der Waals surface area contributed by atoms with Crippen LogP contribution in [0.4, 0.5) is 11.5 Å². The minimum absolute atomic E-state index is 0.0342. The molecule has 0 aliphatic rings. The fourth-order valence-electron chi connectivity index (χ4n) is 2.09. The third kappa shape index (κ3) is 4.24. The van der Waals surface area contributed by atoms with E-state index < -0.39 is 14.9 Å². The van der Waals surface area contributed by atoms with Gasteiger partial charge in [-0.2, -0.15) is 0 Å². The van der Waals surface area contributed by atoms with Gasteiger partial charge in [-0.25, -0.2) is 18.5 Å². The van der Waals surface area contributed by atoms with Crippen LogP contribution in [0.1, 0.15) is 24.9 Å². The fraction of sp³-hybridized carbons (Fsp3) is 0.214. The van der Waals surface area contributed by atoms with Gasteiger partial charge >= 0.3 is 0 Å².